The highest BCUT2D eigenvalue weighted by molar-refractivity contribution is 5.19. The van der Waals surface area contributed by atoms with E-state index in [0.717, 1.165) is 38.0 Å². The topological polar surface area (TPSA) is 35.5 Å². The highest BCUT2D eigenvalue weighted by Crippen LogP contribution is 2.18. The summed E-state index contributed by atoms with van der Waals surface area (Å²) >= 11 is 0. The van der Waals surface area contributed by atoms with E-state index < -0.39 is 0 Å². The summed E-state index contributed by atoms with van der Waals surface area (Å²) in [6.07, 6.45) is 1.78. The zero-order chi connectivity index (χ0) is 15.7. The van der Waals surface area contributed by atoms with Gasteiger partial charge in [0, 0.05) is 31.8 Å². The van der Waals surface area contributed by atoms with Crippen LogP contribution in [-0.4, -0.2) is 42.3 Å². The summed E-state index contributed by atoms with van der Waals surface area (Å²) in [6.45, 7) is 9.44. The minimum absolute atomic E-state index is 0.194. The van der Waals surface area contributed by atoms with E-state index in [-0.39, 0.29) is 18.5 Å². The number of aliphatic hydroxyl groups excluding tert-OH is 1. The van der Waals surface area contributed by atoms with Crippen LogP contribution in [0.3, 0.4) is 0 Å². The van der Waals surface area contributed by atoms with Crippen LogP contribution in [0.1, 0.15) is 45.2 Å². The zero-order valence-corrected chi connectivity index (χ0v) is 13.5. The van der Waals surface area contributed by atoms with Crippen LogP contribution >= 0.6 is 0 Å². The fraction of sp³-hybridized carbons (Fsp3) is 0.647. The van der Waals surface area contributed by atoms with Crippen molar-refractivity contribution in [3.63, 3.8) is 0 Å². The Morgan fingerprint density at radius 1 is 1.19 bits per heavy atom. The molecule has 2 N–H and O–H groups in total. The molecule has 0 aromatic heterocycles. The maximum Gasteiger partial charge on any atom is 0.123 e. The van der Waals surface area contributed by atoms with E-state index in [1.165, 1.54) is 12.1 Å². The quantitative estimate of drug-likeness (QED) is 0.697. The molecule has 1 aromatic rings. The normalized spacial score (nSPS) is 13.1. The fourth-order valence-corrected chi connectivity index (χ4v) is 2.52. The van der Waals surface area contributed by atoms with Crippen LogP contribution in [0.2, 0.25) is 0 Å². The molecule has 3 nitrogen and oxygen atoms in total. The Labute approximate surface area is 128 Å². The Hall–Kier alpha value is -0.970. The number of rotatable bonds is 10. The maximum atomic E-state index is 13.0. The van der Waals surface area contributed by atoms with Crippen LogP contribution in [0.4, 0.5) is 4.39 Å². The number of halogens is 1. The predicted octanol–water partition coefficient (Wildman–Crippen LogP) is 2.96. The summed E-state index contributed by atoms with van der Waals surface area (Å²) in [5, 5.41) is 12.5. The van der Waals surface area contributed by atoms with Crippen LogP contribution in [0.25, 0.3) is 0 Å². The van der Waals surface area contributed by atoms with Gasteiger partial charge in [-0.3, -0.25) is 0 Å². The van der Waals surface area contributed by atoms with E-state index in [9.17, 15) is 4.39 Å². The zero-order valence-electron chi connectivity index (χ0n) is 13.5. The van der Waals surface area contributed by atoms with Crippen molar-refractivity contribution in [1.82, 2.24) is 10.2 Å². The number of hydrogen-bond donors (Lipinski definition) is 2. The summed E-state index contributed by atoms with van der Waals surface area (Å²) in [6, 6.07) is 7.46. The summed E-state index contributed by atoms with van der Waals surface area (Å²) < 4.78 is 13.0. The van der Waals surface area contributed by atoms with Crippen LogP contribution in [0.5, 0.6) is 0 Å². The molecule has 1 aromatic carbocycles. The molecule has 0 fully saturated rings. The van der Waals surface area contributed by atoms with Crippen molar-refractivity contribution in [3.8, 4) is 0 Å². The van der Waals surface area contributed by atoms with Crippen molar-refractivity contribution in [2.45, 2.75) is 45.7 Å². The smallest absolute Gasteiger partial charge is 0.123 e. The van der Waals surface area contributed by atoms with Crippen molar-refractivity contribution in [2.75, 3.05) is 26.2 Å². The molecule has 0 spiro atoms. The predicted molar refractivity (Wildman–Crippen MR) is 85.8 cm³/mol. The number of nitrogens with one attached hydrogen (secondary N) is 1. The van der Waals surface area contributed by atoms with Gasteiger partial charge in [0.2, 0.25) is 0 Å². The van der Waals surface area contributed by atoms with Gasteiger partial charge in [-0.25, -0.2) is 4.39 Å². The second-order valence-electron chi connectivity index (χ2n) is 5.66. The summed E-state index contributed by atoms with van der Waals surface area (Å²) in [4.78, 5) is 2.38. The van der Waals surface area contributed by atoms with E-state index in [2.05, 4.69) is 31.0 Å². The summed E-state index contributed by atoms with van der Waals surface area (Å²) in [7, 11) is 0. The SMILES string of the molecule is CCNC(CCN(CCCO)C(C)C)c1ccc(F)cc1. The van der Waals surface area contributed by atoms with Gasteiger partial charge in [0.1, 0.15) is 5.82 Å². The average molecular weight is 296 g/mol. The van der Waals surface area contributed by atoms with Gasteiger partial charge >= 0.3 is 0 Å². The fourth-order valence-electron chi connectivity index (χ4n) is 2.52. The molecule has 1 unspecified atom stereocenters. The van der Waals surface area contributed by atoms with Crippen molar-refractivity contribution in [3.05, 3.63) is 35.6 Å². The van der Waals surface area contributed by atoms with Crippen molar-refractivity contribution in [2.24, 2.45) is 0 Å². The molecule has 0 amide bonds. The van der Waals surface area contributed by atoms with Crippen molar-refractivity contribution >= 4 is 0 Å². The second kappa shape index (κ2) is 9.87. The Morgan fingerprint density at radius 2 is 1.86 bits per heavy atom. The van der Waals surface area contributed by atoms with Gasteiger partial charge in [0.25, 0.3) is 0 Å². The molecular formula is C17H29FN2O. The molecule has 0 aliphatic carbocycles. The standard InChI is InChI=1S/C17H29FN2O/c1-4-19-17(15-6-8-16(18)9-7-15)10-12-20(14(2)3)11-5-13-21/h6-9,14,17,19,21H,4-5,10-13H2,1-3H3. The number of aliphatic hydroxyl groups is 1. The van der Waals surface area contributed by atoms with E-state index in [1.54, 1.807) is 0 Å². The molecule has 0 bridgehead atoms. The van der Waals surface area contributed by atoms with Crippen LogP contribution in [0, 0.1) is 5.82 Å². The molecular weight excluding hydrogens is 267 g/mol. The molecule has 1 rings (SSSR count). The van der Waals surface area contributed by atoms with Crippen LogP contribution in [-0.2, 0) is 0 Å². The first-order valence-corrected chi connectivity index (χ1v) is 7.92. The van der Waals surface area contributed by atoms with Gasteiger partial charge < -0.3 is 15.3 Å². The first-order valence-electron chi connectivity index (χ1n) is 7.92. The lowest BCUT2D eigenvalue weighted by Gasteiger charge is -2.28. The van der Waals surface area contributed by atoms with Gasteiger partial charge in [-0.05, 0) is 50.9 Å². The Kier molecular flexibility index (Phi) is 8.50. The van der Waals surface area contributed by atoms with Gasteiger partial charge in [-0.2, -0.15) is 0 Å². The van der Waals surface area contributed by atoms with Crippen LogP contribution < -0.4 is 5.32 Å². The Balaban J connectivity index is 2.62. The van der Waals surface area contributed by atoms with Gasteiger partial charge in [-0.15, -0.1) is 0 Å². The van der Waals surface area contributed by atoms with Crippen LogP contribution in [0.15, 0.2) is 24.3 Å². The van der Waals surface area contributed by atoms with E-state index in [4.69, 9.17) is 5.11 Å². The molecule has 0 heterocycles. The molecule has 120 valence electrons. The molecule has 4 heteroatoms. The first kappa shape index (κ1) is 18.1. The third-order valence-corrected chi connectivity index (χ3v) is 3.76. The molecule has 0 saturated carbocycles. The lowest BCUT2D eigenvalue weighted by atomic mass is 10.0. The Morgan fingerprint density at radius 3 is 2.38 bits per heavy atom. The van der Waals surface area contributed by atoms with Gasteiger partial charge in [0.05, 0.1) is 0 Å². The molecule has 0 radical (unpaired) electrons. The monoisotopic (exact) mass is 296 g/mol. The third-order valence-electron chi connectivity index (χ3n) is 3.76. The third kappa shape index (κ3) is 6.55. The van der Waals surface area contributed by atoms with Gasteiger partial charge in [-0.1, -0.05) is 19.1 Å². The van der Waals surface area contributed by atoms with E-state index in [1.807, 2.05) is 12.1 Å². The first-order chi connectivity index (χ1) is 10.1. The lowest BCUT2D eigenvalue weighted by molar-refractivity contribution is 0.184. The molecule has 1 atom stereocenters. The second-order valence-corrected chi connectivity index (χ2v) is 5.66. The van der Waals surface area contributed by atoms with Crippen molar-refractivity contribution in [1.29, 1.82) is 0 Å². The number of nitrogens with zero attached hydrogens (tertiary/aromatic N) is 1. The Bertz CT molecular complexity index is 381. The minimum atomic E-state index is -0.194. The number of hydrogen-bond acceptors (Lipinski definition) is 3. The average Bonchev–Trinajstić information content (AvgIpc) is 2.46. The molecule has 0 aliphatic heterocycles. The molecule has 21 heavy (non-hydrogen) atoms. The highest BCUT2D eigenvalue weighted by atomic mass is 19.1. The minimum Gasteiger partial charge on any atom is -0.396 e. The molecule has 0 saturated heterocycles. The maximum absolute atomic E-state index is 13.0. The summed E-state index contributed by atoms with van der Waals surface area (Å²) in [5.41, 5.74) is 1.13. The van der Waals surface area contributed by atoms with Crippen molar-refractivity contribution < 1.29 is 9.50 Å². The highest BCUT2D eigenvalue weighted by Gasteiger charge is 2.14. The van der Waals surface area contributed by atoms with E-state index >= 15 is 0 Å². The summed E-state index contributed by atoms with van der Waals surface area (Å²) in [5.74, 6) is -0.194. The molecule has 0 aliphatic rings. The lowest BCUT2D eigenvalue weighted by Crippen LogP contribution is -2.35. The van der Waals surface area contributed by atoms with Gasteiger partial charge in [0.15, 0.2) is 0 Å². The van der Waals surface area contributed by atoms with E-state index in [0.29, 0.717) is 6.04 Å². The largest absolute Gasteiger partial charge is 0.396 e. The number of benzene rings is 1.